The average molecular weight is 375 g/mol. The minimum absolute atomic E-state index is 0.159. The standard InChI is InChI=1S/C21H29NO5/c1-14-7-5-6-8-18(14)22-21(24)15(2)27-20(23)12-10-16-9-11-17(25-3)13-19(16)26-4/h9-15,18H,5-8H2,1-4H3,(H,22,24)/b12-10+/t14-,15-,18-/m1/s1. The molecule has 1 saturated carbocycles. The molecule has 0 aromatic heterocycles. The van der Waals surface area contributed by atoms with Crippen LogP contribution in [0.4, 0.5) is 0 Å². The number of hydrogen-bond donors (Lipinski definition) is 1. The van der Waals surface area contributed by atoms with Crippen LogP contribution in [0.5, 0.6) is 11.5 Å². The first-order chi connectivity index (χ1) is 12.9. The Hall–Kier alpha value is -2.50. The number of esters is 1. The molecule has 1 amide bonds. The Kier molecular flexibility index (Phi) is 7.70. The molecule has 6 heteroatoms. The van der Waals surface area contributed by atoms with Gasteiger partial charge in [0.2, 0.25) is 0 Å². The maximum Gasteiger partial charge on any atom is 0.331 e. The normalized spacial score (nSPS) is 20.7. The van der Waals surface area contributed by atoms with Crippen molar-refractivity contribution >= 4 is 18.0 Å². The zero-order valence-electron chi connectivity index (χ0n) is 16.5. The van der Waals surface area contributed by atoms with Crippen molar-refractivity contribution < 1.29 is 23.8 Å². The number of hydrogen-bond acceptors (Lipinski definition) is 5. The van der Waals surface area contributed by atoms with E-state index in [1.54, 1.807) is 45.4 Å². The number of amides is 1. The second-order valence-corrected chi connectivity index (χ2v) is 6.90. The van der Waals surface area contributed by atoms with Gasteiger partial charge >= 0.3 is 5.97 Å². The van der Waals surface area contributed by atoms with E-state index < -0.39 is 12.1 Å². The molecule has 27 heavy (non-hydrogen) atoms. The monoisotopic (exact) mass is 375 g/mol. The number of ether oxygens (including phenoxy) is 3. The number of carbonyl (C=O) groups is 2. The Morgan fingerprint density at radius 3 is 2.59 bits per heavy atom. The number of carbonyl (C=O) groups excluding carboxylic acids is 2. The summed E-state index contributed by atoms with van der Waals surface area (Å²) in [4.78, 5) is 24.3. The van der Waals surface area contributed by atoms with Gasteiger partial charge in [-0.2, -0.15) is 0 Å². The summed E-state index contributed by atoms with van der Waals surface area (Å²) < 4.78 is 15.7. The smallest absolute Gasteiger partial charge is 0.331 e. The third-order valence-corrected chi connectivity index (χ3v) is 4.94. The number of nitrogens with one attached hydrogen (secondary N) is 1. The highest BCUT2D eigenvalue weighted by atomic mass is 16.5. The van der Waals surface area contributed by atoms with Crippen molar-refractivity contribution in [1.82, 2.24) is 5.32 Å². The Bertz CT molecular complexity index is 685. The van der Waals surface area contributed by atoms with Crippen LogP contribution in [0.2, 0.25) is 0 Å². The predicted octanol–water partition coefficient (Wildman–Crippen LogP) is 3.34. The lowest BCUT2D eigenvalue weighted by Gasteiger charge is -2.30. The van der Waals surface area contributed by atoms with Crippen LogP contribution < -0.4 is 14.8 Å². The van der Waals surface area contributed by atoms with Gasteiger partial charge in [-0.05, 0) is 43.9 Å². The number of benzene rings is 1. The lowest BCUT2D eigenvalue weighted by Crippen LogP contribution is -2.45. The SMILES string of the molecule is COc1ccc(/C=C/C(=O)O[C@H](C)C(=O)N[C@@H]2CCCC[C@H]2C)c(OC)c1. The summed E-state index contributed by atoms with van der Waals surface area (Å²) in [6.07, 6.45) is 6.46. The second-order valence-electron chi connectivity index (χ2n) is 6.90. The Labute approximate surface area is 160 Å². The predicted molar refractivity (Wildman–Crippen MR) is 104 cm³/mol. The van der Waals surface area contributed by atoms with Crippen molar-refractivity contribution in [2.45, 2.75) is 51.7 Å². The summed E-state index contributed by atoms with van der Waals surface area (Å²) in [5.74, 6) is 0.863. The lowest BCUT2D eigenvalue weighted by molar-refractivity contribution is -0.150. The van der Waals surface area contributed by atoms with Crippen molar-refractivity contribution in [3.63, 3.8) is 0 Å². The van der Waals surface area contributed by atoms with Crippen LogP contribution in [0.15, 0.2) is 24.3 Å². The molecule has 1 aromatic carbocycles. The van der Waals surface area contributed by atoms with Gasteiger partial charge in [0.25, 0.3) is 5.91 Å². The molecule has 6 nitrogen and oxygen atoms in total. The summed E-state index contributed by atoms with van der Waals surface area (Å²) in [7, 11) is 3.12. The van der Waals surface area contributed by atoms with Gasteiger partial charge in [0.05, 0.1) is 14.2 Å². The van der Waals surface area contributed by atoms with E-state index in [1.807, 2.05) is 0 Å². The maximum atomic E-state index is 12.3. The van der Waals surface area contributed by atoms with Gasteiger partial charge in [0.15, 0.2) is 6.10 Å². The van der Waals surface area contributed by atoms with E-state index in [2.05, 4.69) is 12.2 Å². The van der Waals surface area contributed by atoms with Gasteiger partial charge in [-0.3, -0.25) is 4.79 Å². The summed E-state index contributed by atoms with van der Waals surface area (Å²) in [6.45, 7) is 3.73. The van der Waals surface area contributed by atoms with E-state index in [4.69, 9.17) is 14.2 Å². The highest BCUT2D eigenvalue weighted by molar-refractivity contribution is 5.90. The summed E-state index contributed by atoms with van der Waals surface area (Å²) in [5, 5.41) is 3.00. The van der Waals surface area contributed by atoms with Gasteiger partial charge in [-0.15, -0.1) is 0 Å². The molecule has 0 aliphatic heterocycles. The van der Waals surface area contributed by atoms with Crippen LogP contribution in [0.1, 0.15) is 45.1 Å². The molecule has 1 aromatic rings. The van der Waals surface area contributed by atoms with E-state index >= 15 is 0 Å². The van der Waals surface area contributed by atoms with Crippen molar-refractivity contribution in [3.8, 4) is 11.5 Å². The molecule has 0 bridgehead atoms. The molecular formula is C21H29NO5. The summed E-state index contributed by atoms with van der Waals surface area (Å²) in [6, 6.07) is 5.44. The van der Waals surface area contributed by atoms with Crippen LogP contribution in [0.25, 0.3) is 6.08 Å². The van der Waals surface area contributed by atoms with Gasteiger partial charge in [-0.25, -0.2) is 4.79 Å². The molecule has 3 atom stereocenters. The van der Waals surface area contributed by atoms with Gasteiger partial charge in [0.1, 0.15) is 11.5 Å². The molecule has 0 spiro atoms. The largest absolute Gasteiger partial charge is 0.497 e. The quantitative estimate of drug-likeness (QED) is 0.584. The third kappa shape index (κ3) is 6.01. The van der Waals surface area contributed by atoms with E-state index in [-0.39, 0.29) is 11.9 Å². The summed E-state index contributed by atoms with van der Waals surface area (Å²) in [5.41, 5.74) is 0.711. The topological polar surface area (TPSA) is 73.9 Å². The number of rotatable bonds is 7. The molecule has 1 N–H and O–H groups in total. The molecule has 0 heterocycles. The Morgan fingerprint density at radius 1 is 1.19 bits per heavy atom. The molecule has 1 aliphatic rings. The molecule has 0 unspecified atom stereocenters. The fraction of sp³-hybridized carbons (Fsp3) is 0.524. The van der Waals surface area contributed by atoms with Crippen molar-refractivity contribution in [1.29, 1.82) is 0 Å². The molecule has 1 fully saturated rings. The molecule has 2 rings (SSSR count). The van der Waals surface area contributed by atoms with Crippen molar-refractivity contribution in [2.75, 3.05) is 14.2 Å². The lowest BCUT2D eigenvalue weighted by atomic mass is 9.86. The van der Waals surface area contributed by atoms with E-state index in [0.717, 1.165) is 19.3 Å². The average Bonchev–Trinajstić information content (AvgIpc) is 2.67. The Morgan fingerprint density at radius 2 is 1.93 bits per heavy atom. The van der Waals surface area contributed by atoms with E-state index in [9.17, 15) is 9.59 Å². The first-order valence-corrected chi connectivity index (χ1v) is 9.35. The molecule has 148 valence electrons. The Balaban J connectivity index is 1.90. The fourth-order valence-corrected chi connectivity index (χ4v) is 3.21. The van der Waals surface area contributed by atoms with E-state index in [1.165, 1.54) is 12.5 Å². The zero-order chi connectivity index (χ0) is 19.8. The molecular weight excluding hydrogens is 346 g/mol. The second kappa shape index (κ2) is 10.00. The van der Waals surface area contributed by atoms with Crippen molar-refractivity contribution in [2.24, 2.45) is 5.92 Å². The number of methoxy groups -OCH3 is 2. The van der Waals surface area contributed by atoms with Crippen LogP contribution in [-0.4, -0.2) is 38.2 Å². The van der Waals surface area contributed by atoms with Crippen LogP contribution in [0, 0.1) is 5.92 Å². The van der Waals surface area contributed by atoms with Gasteiger partial charge in [0, 0.05) is 23.7 Å². The molecule has 0 saturated heterocycles. The van der Waals surface area contributed by atoms with Gasteiger partial charge < -0.3 is 19.5 Å². The molecule has 1 aliphatic carbocycles. The fourth-order valence-electron chi connectivity index (χ4n) is 3.21. The molecule has 0 radical (unpaired) electrons. The minimum atomic E-state index is -0.839. The highest BCUT2D eigenvalue weighted by Crippen LogP contribution is 2.26. The first kappa shape index (κ1) is 20.8. The van der Waals surface area contributed by atoms with Gasteiger partial charge in [-0.1, -0.05) is 19.8 Å². The van der Waals surface area contributed by atoms with Crippen LogP contribution in [-0.2, 0) is 14.3 Å². The first-order valence-electron chi connectivity index (χ1n) is 9.35. The highest BCUT2D eigenvalue weighted by Gasteiger charge is 2.25. The minimum Gasteiger partial charge on any atom is -0.497 e. The zero-order valence-corrected chi connectivity index (χ0v) is 16.5. The third-order valence-electron chi connectivity index (χ3n) is 4.94. The van der Waals surface area contributed by atoms with Crippen LogP contribution in [0.3, 0.4) is 0 Å². The van der Waals surface area contributed by atoms with Crippen LogP contribution >= 0.6 is 0 Å². The maximum absolute atomic E-state index is 12.3. The summed E-state index contributed by atoms with van der Waals surface area (Å²) >= 11 is 0. The van der Waals surface area contributed by atoms with E-state index in [0.29, 0.717) is 23.0 Å². The van der Waals surface area contributed by atoms with Crippen molar-refractivity contribution in [3.05, 3.63) is 29.8 Å².